The predicted octanol–water partition coefficient (Wildman–Crippen LogP) is 2.94. The summed E-state index contributed by atoms with van der Waals surface area (Å²) in [6.45, 7) is 5.09. The number of ether oxygens (including phenoxy) is 2. The van der Waals surface area contributed by atoms with Gasteiger partial charge in [-0.05, 0) is 13.3 Å². The maximum atomic E-state index is 5.26. The van der Waals surface area contributed by atoms with Crippen molar-refractivity contribution in [2.45, 2.75) is 58.5 Å². The molecule has 0 amide bonds. The summed E-state index contributed by atoms with van der Waals surface area (Å²) in [5.41, 5.74) is 0.873. The number of nitrogens with one attached hydrogen (secondary N) is 1. The van der Waals surface area contributed by atoms with Crippen molar-refractivity contribution < 1.29 is 9.47 Å². The van der Waals surface area contributed by atoms with Crippen LogP contribution in [0.5, 0.6) is 11.8 Å². The molecule has 20 heavy (non-hydrogen) atoms. The first-order chi connectivity index (χ1) is 9.72. The monoisotopic (exact) mass is 281 g/mol. The lowest BCUT2D eigenvalue weighted by molar-refractivity contribution is 0.356. The number of methoxy groups -OCH3 is 2. The Balaban J connectivity index is 2.47. The van der Waals surface area contributed by atoms with Gasteiger partial charge in [-0.2, -0.15) is 0 Å². The Labute approximate surface area is 122 Å². The van der Waals surface area contributed by atoms with Crippen LogP contribution in [0.4, 0.5) is 0 Å². The minimum atomic E-state index is 0.460. The van der Waals surface area contributed by atoms with Crippen LogP contribution in [-0.4, -0.2) is 30.2 Å². The molecule has 1 N–H and O–H groups in total. The van der Waals surface area contributed by atoms with Crippen molar-refractivity contribution >= 4 is 0 Å². The van der Waals surface area contributed by atoms with Gasteiger partial charge in [0.05, 0.1) is 19.8 Å². The van der Waals surface area contributed by atoms with Crippen molar-refractivity contribution in [1.82, 2.24) is 15.3 Å². The van der Waals surface area contributed by atoms with Gasteiger partial charge in [0.1, 0.15) is 6.33 Å². The van der Waals surface area contributed by atoms with Crippen molar-refractivity contribution in [3.63, 3.8) is 0 Å². The van der Waals surface area contributed by atoms with E-state index >= 15 is 0 Å². The topological polar surface area (TPSA) is 56.3 Å². The highest BCUT2D eigenvalue weighted by Crippen LogP contribution is 2.23. The first-order valence-electron chi connectivity index (χ1n) is 7.38. The maximum Gasteiger partial charge on any atom is 0.224 e. The summed E-state index contributed by atoms with van der Waals surface area (Å²) in [7, 11) is 3.22. The second-order valence-corrected chi connectivity index (χ2v) is 5.00. The zero-order chi connectivity index (χ0) is 14.8. The van der Waals surface area contributed by atoms with E-state index in [1.165, 1.54) is 38.4 Å². The first kappa shape index (κ1) is 16.7. The Morgan fingerprint density at radius 1 is 1.10 bits per heavy atom. The molecule has 1 unspecified atom stereocenters. The van der Waals surface area contributed by atoms with Crippen LogP contribution in [0.3, 0.4) is 0 Å². The molecule has 114 valence electrons. The second kappa shape index (κ2) is 9.53. The molecule has 0 fully saturated rings. The summed E-state index contributed by atoms with van der Waals surface area (Å²) in [5, 5.41) is 3.49. The van der Waals surface area contributed by atoms with Crippen LogP contribution >= 0.6 is 0 Å². The van der Waals surface area contributed by atoms with E-state index in [0.717, 1.165) is 5.56 Å². The van der Waals surface area contributed by atoms with Gasteiger partial charge in [-0.3, -0.25) is 0 Å². The fourth-order valence-electron chi connectivity index (χ4n) is 2.14. The largest absolute Gasteiger partial charge is 0.481 e. The zero-order valence-electron chi connectivity index (χ0n) is 13.1. The van der Waals surface area contributed by atoms with Crippen LogP contribution in [-0.2, 0) is 6.54 Å². The summed E-state index contributed by atoms with van der Waals surface area (Å²) in [4.78, 5) is 8.23. The lowest BCUT2D eigenvalue weighted by Crippen LogP contribution is -2.26. The molecule has 0 saturated carbocycles. The average molecular weight is 281 g/mol. The number of hydrogen-bond acceptors (Lipinski definition) is 5. The van der Waals surface area contributed by atoms with Gasteiger partial charge in [-0.1, -0.05) is 32.6 Å². The van der Waals surface area contributed by atoms with Crippen molar-refractivity contribution in [2.24, 2.45) is 0 Å². The minimum absolute atomic E-state index is 0.460. The molecule has 0 aromatic carbocycles. The van der Waals surface area contributed by atoms with Crippen LogP contribution in [0, 0.1) is 0 Å². The molecule has 1 atom stereocenters. The molecule has 0 aliphatic heterocycles. The van der Waals surface area contributed by atoms with Gasteiger partial charge in [0.2, 0.25) is 11.8 Å². The van der Waals surface area contributed by atoms with Crippen LogP contribution in [0.25, 0.3) is 0 Å². The van der Waals surface area contributed by atoms with Crippen LogP contribution in [0.15, 0.2) is 6.33 Å². The maximum absolute atomic E-state index is 5.26. The SMILES string of the molecule is CCCCCCC(C)NCc1c(OC)ncnc1OC. The summed E-state index contributed by atoms with van der Waals surface area (Å²) in [6, 6.07) is 0.460. The van der Waals surface area contributed by atoms with Crippen molar-refractivity contribution in [1.29, 1.82) is 0 Å². The molecule has 0 aliphatic rings. The number of aromatic nitrogens is 2. The molecule has 0 radical (unpaired) electrons. The molecule has 1 heterocycles. The lowest BCUT2D eigenvalue weighted by Gasteiger charge is -2.16. The zero-order valence-corrected chi connectivity index (χ0v) is 13.1. The van der Waals surface area contributed by atoms with E-state index < -0.39 is 0 Å². The Hall–Kier alpha value is -1.36. The summed E-state index contributed by atoms with van der Waals surface area (Å²) in [6.07, 6.45) is 7.80. The quantitative estimate of drug-likeness (QED) is 0.668. The Bertz CT molecular complexity index is 363. The van der Waals surface area contributed by atoms with Crippen molar-refractivity contribution in [3.05, 3.63) is 11.9 Å². The molecule has 1 aromatic rings. The second-order valence-electron chi connectivity index (χ2n) is 5.00. The van der Waals surface area contributed by atoms with E-state index in [0.29, 0.717) is 24.3 Å². The third-order valence-corrected chi connectivity index (χ3v) is 3.37. The molecule has 0 spiro atoms. The minimum Gasteiger partial charge on any atom is -0.481 e. The molecular weight excluding hydrogens is 254 g/mol. The Morgan fingerprint density at radius 3 is 2.30 bits per heavy atom. The van der Waals surface area contributed by atoms with E-state index in [1.807, 2.05) is 0 Å². The molecule has 5 nitrogen and oxygen atoms in total. The third-order valence-electron chi connectivity index (χ3n) is 3.37. The average Bonchev–Trinajstić information content (AvgIpc) is 2.49. The van der Waals surface area contributed by atoms with Gasteiger partial charge in [-0.25, -0.2) is 9.97 Å². The number of unbranched alkanes of at least 4 members (excludes halogenated alkanes) is 3. The van der Waals surface area contributed by atoms with Gasteiger partial charge in [-0.15, -0.1) is 0 Å². The van der Waals surface area contributed by atoms with Gasteiger partial charge in [0, 0.05) is 12.6 Å². The van der Waals surface area contributed by atoms with E-state index in [-0.39, 0.29) is 0 Å². The standard InChI is InChI=1S/C15H27N3O2/c1-5-6-7-8-9-12(2)16-10-13-14(19-3)17-11-18-15(13)20-4/h11-12,16H,5-10H2,1-4H3. The lowest BCUT2D eigenvalue weighted by atomic mass is 10.1. The summed E-state index contributed by atoms with van der Waals surface area (Å²) < 4.78 is 10.5. The highest BCUT2D eigenvalue weighted by molar-refractivity contribution is 5.34. The molecule has 0 bridgehead atoms. The fourth-order valence-corrected chi connectivity index (χ4v) is 2.14. The number of hydrogen-bond donors (Lipinski definition) is 1. The van der Waals surface area contributed by atoms with Gasteiger partial charge >= 0.3 is 0 Å². The molecule has 0 aliphatic carbocycles. The van der Waals surface area contributed by atoms with Crippen molar-refractivity contribution in [3.8, 4) is 11.8 Å². The first-order valence-corrected chi connectivity index (χ1v) is 7.38. The molecule has 1 rings (SSSR count). The number of rotatable bonds is 10. The number of nitrogens with zero attached hydrogens (tertiary/aromatic N) is 2. The van der Waals surface area contributed by atoms with Gasteiger partial charge < -0.3 is 14.8 Å². The van der Waals surface area contributed by atoms with Crippen LogP contribution in [0.1, 0.15) is 51.5 Å². The Kier molecular flexibility index (Phi) is 7.95. The fraction of sp³-hybridized carbons (Fsp3) is 0.733. The van der Waals surface area contributed by atoms with E-state index in [1.54, 1.807) is 14.2 Å². The Morgan fingerprint density at radius 2 is 1.75 bits per heavy atom. The molecular formula is C15H27N3O2. The van der Waals surface area contributed by atoms with Crippen LogP contribution < -0.4 is 14.8 Å². The van der Waals surface area contributed by atoms with Gasteiger partial charge in [0.15, 0.2) is 0 Å². The van der Waals surface area contributed by atoms with Crippen molar-refractivity contribution in [2.75, 3.05) is 14.2 Å². The molecule has 5 heteroatoms. The van der Waals surface area contributed by atoms with E-state index in [4.69, 9.17) is 9.47 Å². The summed E-state index contributed by atoms with van der Waals surface area (Å²) in [5.74, 6) is 1.14. The van der Waals surface area contributed by atoms with E-state index in [2.05, 4.69) is 29.1 Å². The molecule has 1 aromatic heterocycles. The highest BCUT2D eigenvalue weighted by atomic mass is 16.5. The van der Waals surface area contributed by atoms with Crippen LogP contribution in [0.2, 0.25) is 0 Å². The van der Waals surface area contributed by atoms with E-state index in [9.17, 15) is 0 Å². The highest BCUT2D eigenvalue weighted by Gasteiger charge is 2.13. The predicted molar refractivity (Wildman–Crippen MR) is 80.2 cm³/mol. The normalized spacial score (nSPS) is 12.2. The third kappa shape index (κ3) is 5.33. The smallest absolute Gasteiger partial charge is 0.224 e. The summed E-state index contributed by atoms with van der Waals surface area (Å²) >= 11 is 0. The molecule has 0 saturated heterocycles. The van der Waals surface area contributed by atoms with Gasteiger partial charge in [0.25, 0.3) is 0 Å².